The number of hydrogen-bond donors (Lipinski definition) is 0. The number of nitrogens with zero attached hydrogens (tertiary/aromatic N) is 2. The molecule has 1 heterocycles. The number of halogens is 2. The third-order valence-electron chi connectivity index (χ3n) is 2.76. The maximum atomic E-state index is 13.0. The molecule has 6 nitrogen and oxygen atoms in total. The van der Waals surface area contributed by atoms with Gasteiger partial charge in [-0.25, -0.2) is 9.34 Å². The van der Waals surface area contributed by atoms with Crippen molar-refractivity contribution in [1.29, 1.82) is 0 Å². The molecule has 0 aromatic carbocycles. The van der Waals surface area contributed by atoms with Crippen molar-refractivity contribution in [2.45, 2.75) is 6.42 Å². The van der Waals surface area contributed by atoms with Gasteiger partial charge in [-0.2, -0.15) is 0 Å². The summed E-state index contributed by atoms with van der Waals surface area (Å²) in [5.41, 5.74) is 0. The first-order valence-corrected chi connectivity index (χ1v) is 8.62. The van der Waals surface area contributed by atoms with E-state index in [1.807, 2.05) is 0 Å². The molecule has 0 aromatic rings. The second-order valence-electron chi connectivity index (χ2n) is 3.97. The van der Waals surface area contributed by atoms with E-state index in [0.717, 1.165) is 6.42 Å². The molecule has 0 unspecified atom stereocenters. The zero-order valence-corrected chi connectivity index (χ0v) is 13.3. The number of esters is 1. The molecule has 1 aliphatic heterocycles. The maximum Gasteiger partial charge on any atom is 0.346 e. The molecule has 0 saturated carbocycles. The van der Waals surface area contributed by atoms with Crippen LogP contribution in [0.5, 0.6) is 0 Å². The zero-order chi connectivity index (χ0) is 14.3. The van der Waals surface area contributed by atoms with Crippen molar-refractivity contribution in [3.8, 4) is 0 Å². The summed E-state index contributed by atoms with van der Waals surface area (Å²) in [5, 5.41) is 0. The Kier molecular flexibility index (Phi) is 7.65. The van der Waals surface area contributed by atoms with E-state index in [2.05, 4.69) is 4.74 Å². The quantitative estimate of drug-likeness (QED) is 0.402. The van der Waals surface area contributed by atoms with Gasteiger partial charge in [0, 0.05) is 31.4 Å². The minimum atomic E-state index is -3.24. The summed E-state index contributed by atoms with van der Waals surface area (Å²) in [6.45, 7) is 1.64. The molecule has 9 heteroatoms. The first kappa shape index (κ1) is 17.2. The lowest BCUT2D eigenvalue weighted by Gasteiger charge is -2.40. The van der Waals surface area contributed by atoms with Crippen LogP contribution in [0, 0.1) is 0 Å². The second kappa shape index (κ2) is 8.45. The van der Waals surface area contributed by atoms with Crippen LogP contribution in [-0.2, 0) is 18.6 Å². The normalized spacial score (nSPS) is 24.6. The molecule has 0 N–H and O–H groups in total. The number of hydrogen-bond acceptors (Lipinski definition) is 4. The van der Waals surface area contributed by atoms with E-state index in [1.165, 1.54) is 11.8 Å². The van der Waals surface area contributed by atoms with Gasteiger partial charge in [-0.05, 0) is 6.42 Å². The van der Waals surface area contributed by atoms with E-state index in [-0.39, 0.29) is 19.0 Å². The molecule has 0 radical (unpaired) electrons. The molecule has 112 valence electrons. The number of carbonyl (C=O) groups excluding carboxylic acids is 1. The van der Waals surface area contributed by atoms with Gasteiger partial charge in [0.15, 0.2) is 0 Å². The van der Waals surface area contributed by atoms with E-state index in [1.54, 1.807) is 4.67 Å². The molecule has 1 saturated heterocycles. The predicted octanol–water partition coefficient (Wildman–Crippen LogP) is 1.77. The van der Waals surface area contributed by atoms with Gasteiger partial charge in [-0.15, -0.1) is 23.2 Å². The number of methoxy groups -OCH3 is 1. The molecule has 19 heavy (non-hydrogen) atoms. The average Bonchev–Trinajstić information content (AvgIpc) is 2.41. The number of ether oxygens (including phenoxy) is 1. The molecule has 1 fully saturated rings. The van der Waals surface area contributed by atoms with Gasteiger partial charge < -0.3 is 9.26 Å². The summed E-state index contributed by atoms with van der Waals surface area (Å²) in [6, 6.07) is 0. The Balaban J connectivity index is 2.87. The Morgan fingerprint density at radius 2 is 2.21 bits per heavy atom. The predicted molar refractivity (Wildman–Crippen MR) is 74.8 cm³/mol. The SMILES string of the molecule is COC(=O)CN(CCCl)[P@]1(=O)OCCCN1CCCl. The molecule has 0 aliphatic carbocycles. The largest absolute Gasteiger partial charge is 0.468 e. The lowest BCUT2D eigenvalue weighted by atomic mass is 10.4. The average molecular weight is 333 g/mol. The first-order valence-electron chi connectivity index (χ1n) is 6.02. The van der Waals surface area contributed by atoms with Crippen molar-refractivity contribution in [2.75, 3.05) is 51.7 Å². The lowest BCUT2D eigenvalue weighted by Crippen LogP contribution is -2.41. The lowest BCUT2D eigenvalue weighted by molar-refractivity contribution is -0.141. The second-order valence-corrected chi connectivity index (χ2v) is 7.10. The third kappa shape index (κ3) is 4.59. The molecule has 1 aliphatic rings. The maximum absolute atomic E-state index is 13.0. The highest BCUT2D eigenvalue weighted by Gasteiger charge is 2.41. The van der Waals surface area contributed by atoms with Gasteiger partial charge in [0.25, 0.3) is 0 Å². The first-order chi connectivity index (χ1) is 9.08. The highest BCUT2D eigenvalue weighted by atomic mass is 35.5. The molecule has 0 spiro atoms. The van der Waals surface area contributed by atoms with Gasteiger partial charge in [0.05, 0.1) is 13.7 Å². The van der Waals surface area contributed by atoms with Gasteiger partial charge in [-0.3, -0.25) is 9.36 Å². The van der Waals surface area contributed by atoms with Crippen LogP contribution < -0.4 is 0 Å². The van der Waals surface area contributed by atoms with Crippen LogP contribution in [0.15, 0.2) is 0 Å². The van der Waals surface area contributed by atoms with E-state index in [4.69, 9.17) is 27.7 Å². The minimum absolute atomic E-state index is 0.112. The van der Waals surface area contributed by atoms with Gasteiger partial charge in [0.2, 0.25) is 0 Å². The van der Waals surface area contributed by atoms with E-state index in [9.17, 15) is 9.36 Å². The smallest absolute Gasteiger partial charge is 0.346 e. The Labute approximate surface area is 123 Å². The van der Waals surface area contributed by atoms with Gasteiger partial charge in [-0.1, -0.05) is 0 Å². The Bertz CT molecular complexity index is 343. The summed E-state index contributed by atoms with van der Waals surface area (Å²) in [5.74, 6) is 0.125. The highest BCUT2D eigenvalue weighted by Crippen LogP contribution is 2.56. The number of rotatable bonds is 7. The van der Waals surface area contributed by atoms with Gasteiger partial charge in [0.1, 0.15) is 6.54 Å². The number of alkyl halides is 2. The van der Waals surface area contributed by atoms with E-state index in [0.29, 0.717) is 25.6 Å². The summed E-state index contributed by atoms with van der Waals surface area (Å²) in [7, 11) is -1.95. The molecule has 1 rings (SSSR count). The summed E-state index contributed by atoms with van der Waals surface area (Å²) in [4.78, 5) is 11.4. The van der Waals surface area contributed by atoms with Crippen LogP contribution in [0.3, 0.4) is 0 Å². The van der Waals surface area contributed by atoms with Gasteiger partial charge >= 0.3 is 13.6 Å². The van der Waals surface area contributed by atoms with Crippen molar-refractivity contribution in [3.63, 3.8) is 0 Å². The molecule has 0 bridgehead atoms. The standard InChI is InChI=1S/C10H19Cl2N2O4P/c1-17-10(15)9-14(7-4-12)19(16)13(6-3-11)5-2-8-18-19/h2-9H2,1H3/t19-/m1/s1. The summed E-state index contributed by atoms with van der Waals surface area (Å²) >= 11 is 11.4. The van der Waals surface area contributed by atoms with Crippen molar-refractivity contribution in [1.82, 2.24) is 9.34 Å². The Morgan fingerprint density at radius 1 is 1.47 bits per heavy atom. The highest BCUT2D eigenvalue weighted by molar-refractivity contribution is 7.54. The molecule has 1 atom stereocenters. The van der Waals surface area contributed by atoms with Crippen LogP contribution in [-0.4, -0.2) is 67.0 Å². The third-order valence-corrected chi connectivity index (χ3v) is 5.79. The molecular weight excluding hydrogens is 314 g/mol. The number of carbonyl (C=O) groups is 1. The molecule has 0 aromatic heterocycles. The van der Waals surface area contributed by atoms with Crippen molar-refractivity contribution >= 4 is 36.8 Å². The summed E-state index contributed by atoms with van der Waals surface area (Å²) < 4.78 is 26.2. The molecule has 0 amide bonds. The van der Waals surface area contributed by atoms with Crippen LogP contribution in [0.1, 0.15) is 6.42 Å². The van der Waals surface area contributed by atoms with Crippen LogP contribution in [0.4, 0.5) is 0 Å². The van der Waals surface area contributed by atoms with Crippen LogP contribution >= 0.6 is 30.9 Å². The molecular formula is C10H19Cl2N2O4P. The Hall–Kier alpha value is 0.160. The zero-order valence-electron chi connectivity index (χ0n) is 10.9. The fraction of sp³-hybridized carbons (Fsp3) is 0.900. The fourth-order valence-electron chi connectivity index (χ4n) is 1.84. The Morgan fingerprint density at radius 3 is 2.79 bits per heavy atom. The van der Waals surface area contributed by atoms with Crippen LogP contribution in [0.25, 0.3) is 0 Å². The van der Waals surface area contributed by atoms with E-state index < -0.39 is 13.6 Å². The fourth-order valence-corrected chi connectivity index (χ4v) is 4.93. The minimum Gasteiger partial charge on any atom is -0.468 e. The summed E-state index contributed by atoms with van der Waals surface area (Å²) in [6.07, 6.45) is 0.786. The van der Waals surface area contributed by atoms with Crippen molar-refractivity contribution in [3.05, 3.63) is 0 Å². The van der Waals surface area contributed by atoms with Crippen molar-refractivity contribution in [2.24, 2.45) is 0 Å². The van der Waals surface area contributed by atoms with Crippen LogP contribution in [0.2, 0.25) is 0 Å². The monoisotopic (exact) mass is 332 g/mol. The topological polar surface area (TPSA) is 59.1 Å². The van der Waals surface area contributed by atoms with E-state index >= 15 is 0 Å². The van der Waals surface area contributed by atoms with Crippen molar-refractivity contribution < 1.29 is 18.6 Å².